The molecule has 0 bridgehead atoms. The number of nitriles is 1. The van der Waals surface area contributed by atoms with E-state index in [-0.39, 0.29) is 0 Å². The maximum Gasteiger partial charge on any atom is 0.140 e. The number of thioether (sulfide) groups is 1. The van der Waals surface area contributed by atoms with Crippen LogP contribution in [0.3, 0.4) is 0 Å². The number of halogens is 1. The molecule has 0 aliphatic rings. The predicted octanol–water partition coefficient (Wildman–Crippen LogP) is 3.59. The fourth-order valence-corrected chi connectivity index (χ4v) is 2.71. The lowest BCUT2D eigenvalue weighted by molar-refractivity contribution is 1.22. The van der Waals surface area contributed by atoms with Gasteiger partial charge >= 0.3 is 0 Å². The number of benzene rings is 1. The van der Waals surface area contributed by atoms with E-state index >= 15 is 0 Å². The Labute approximate surface area is 118 Å². The van der Waals surface area contributed by atoms with E-state index in [1.807, 2.05) is 30.3 Å². The Bertz CT molecular complexity index is 607. The van der Waals surface area contributed by atoms with Crippen LogP contribution in [0.25, 0.3) is 0 Å². The van der Waals surface area contributed by atoms with Crippen LogP contribution in [0, 0.1) is 11.3 Å². The van der Waals surface area contributed by atoms with E-state index in [9.17, 15) is 0 Å². The molecule has 0 saturated heterocycles. The Morgan fingerprint density at radius 2 is 2.17 bits per heavy atom. The molecule has 2 rings (SSSR count). The molecule has 0 radical (unpaired) electrons. The van der Waals surface area contributed by atoms with Crippen molar-refractivity contribution in [3.63, 3.8) is 0 Å². The van der Waals surface area contributed by atoms with Crippen molar-refractivity contribution in [3.8, 4) is 6.07 Å². The molecule has 90 valence electrons. The van der Waals surface area contributed by atoms with Gasteiger partial charge in [0.1, 0.15) is 11.8 Å². The zero-order valence-electron chi connectivity index (χ0n) is 9.43. The Kier molecular flexibility index (Phi) is 4.24. The second kappa shape index (κ2) is 5.89. The number of nitrogens with two attached hydrogens (primary N) is 1. The van der Waals surface area contributed by atoms with Gasteiger partial charge in [-0.05, 0) is 35.9 Å². The fourth-order valence-electron chi connectivity index (χ4n) is 1.44. The molecular formula is C13H10BrN3S. The van der Waals surface area contributed by atoms with Crippen molar-refractivity contribution < 1.29 is 0 Å². The van der Waals surface area contributed by atoms with Gasteiger partial charge in [-0.3, -0.25) is 0 Å². The van der Waals surface area contributed by atoms with E-state index in [0.717, 1.165) is 26.4 Å². The monoisotopic (exact) mass is 319 g/mol. The zero-order chi connectivity index (χ0) is 13.0. The average Bonchev–Trinajstić information content (AvgIpc) is 2.38. The molecular weight excluding hydrogens is 310 g/mol. The number of hydrogen-bond donors (Lipinski definition) is 1. The molecule has 1 heterocycles. The Morgan fingerprint density at radius 3 is 2.89 bits per heavy atom. The van der Waals surface area contributed by atoms with Gasteiger partial charge < -0.3 is 5.73 Å². The summed E-state index contributed by atoms with van der Waals surface area (Å²) >= 11 is 5.02. The minimum Gasteiger partial charge on any atom is -0.398 e. The minimum atomic E-state index is 0.442. The molecule has 0 atom stereocenters. The summed E-state index contributed by atoms with van der Waals surface area (Å²) < 4.78 is 0.972. The van der Waals surface area contributed by atoms with Gasteiger partial charge in [0.25, 0.3) is 0 Å². The molecule has 18 heavy (non-hydrogen) atoms. The summed E-state index contributed by atoms with van der Waals surface area (Å²) in [6.45, 7) is 0. The molecule has 0 unspecified atom stereocenters. The fraction of sp³-hybridized carbons (Fsp3) is 0.0769. The molecule has 1 aromatic heterocycles. The van der Waals surface area contributed by atoms with E-state index in [1.54, 1.807) is 24.0 Å². The molecule has 0 amide bonds. The van der Waals surface area contributed by atoms with Crippen molar-refractivity contribution in [2.24, 2.45) is 0 Å². The highest BCUT2D eigenvalue weighted by molar-refractivity contribution is 9.10. The van der Waals surface area contributed by atoms with Crippen LogP contribution in [-0.2, 0) is 5.75 Å². The summed E-state index contributed by atoms with van der Waals surface area (Å²) in [5.41, 5.74) is 8.19. The molecule has 1 aromatic carbocycles. The van der Waals surface area contributed by atoms with Crippen LogP contribution < -0.4 is 5.73 Å². The highest BCUT2D eigenvalue weighted by atomic mass is 79.9. The average molecular weight is 320 g/mol. The summed E-state index contributed by atoms with van der Waals surface area (Å²) in [4.78, 5) is 4.98. The molecule has 0 aliphatic carbocycles. The number of rotatable bonds is 3. The van der Waals surface area contributed by atoms with Gasteiger partial charge in [0.05, 0.1) is 0 Å². The first-order chi connectivity index (χ1) is 8.69. The van der Waals surface area contributed by atoms with E-state index in [4.69, 9.17) is 11.0 Å². The van der Waals surface area contributed by atoms with Crippen LogP contribution in [0.2, 0.25) is 0 Å². The minimum absolute atomic E-state index is 0.442. The summed E-state index contributed by atoms with van der Waals surface area (Å²) in [7, 11) is 0. The third kappa shape index (κ3) is 3.25. The lowest BCUT2D eigenvalue weighted by Gasteiger charge is -2.06. The maximum atomic E-state index is 8.78. The van der Waals surface area contributed by atoms with Crippen molar-refractivity contribution in [1.82, 2.24) is 4.98 Å². The molecule has 0 spiro atoms. The van der Waals surface area contributed by atoms with E-state index in [1.165, 1.54) is 0 Å². The van der Waals surface area contributed by atoms with Crippen LogP contribution in [0.1, 0.15) is 11.3 Å². The first-order valence-corrected chi connectivity index (χ1v) is 7.00. The normalized spacial score (nSPS) is 10.0. The van der Waals surface area contributed by atoms with Crippen LogP contribution in [0.15, 0.2) is 45.9 Å². The predicted molar refractivity (Wildman–Crippen MR) is 77.1 cm³/mol. The van der Waals surface area contributed by atoms with E-state index in [2.05, 4.69) is 20.9 Å². The second-order valence-corrected chi connectivity index (χ2v) is 5.56. The molecule has 3 nitrogen and oxygen atoms in total. The highest BCUT2D eigenvalue weighted by Crippen LogP contribution is 2.30. The number of anilines is 1. The molecule has 0 aliphatic heterocycles. The summed E-state index contributed by atoms with van der Waals surface area (Å²) in [6, 6.07) is 11.6. The van der Waals surface area contributed by atoms with Crippen molar-refractivity contribution in [2.45, 2.75) is 10.6 Å². The standard InChI is InChI=1S/C13H10BrN3S/c14-10-1-2-13(12(16)6-10)18-8-9-3-4-17-11(5-9)7-15/h1-6H,8,16H2. The van der Waals surface area contributed by atoms with Gasteiger partial charge in [-0.2, -0.15) is 5.26 Å². The third-order valence-electron chi connectivity index (χ3n) is 2.31. The van der Waals surface area contributed by atoms with Crippen molar-refractivity contribution in [1.29, 1.82) is 5.26 Å². The Balaban J connectivity index is 2.09. The van der Waals surface area contributed by atoms with E-state index in [0.29, 0.717) is 5.69 Å². The van der Waals surface area contributed by atoms with Gasteiger partial charge in [0.2, 0.25) is 0 Å². The summed E-state index contributed by atoms with van der Waals surface area (Å²) in [6.07, 6.45) is 1.65. The van der Waals surface area contributed by atoms with Gasteiger partial charge in [0.15, 0.2) is 0 Å². The third-order valence-corrected chi connectivity index (χ3v) is 3.96. The number of hydrogen-bond acceptors (Lipinski definition) is 4. The van der Waals surface area contributed by atoms with E-state index < -0.39 is 0 Å². The summed E-state index contributed by atoms with van der Waals surface area (Å²) in [5.74, 6) is 0.767. The molecule has 5 heteroatoms. The van der Waals surface area contributed by atoms with Crippen LogP contribution in [0.4, 0.5) is 5.69 Å². The lowest BCUT2D eigenvalue weighted by Crippen LogP contribution is -1.90. The van der Waals surface area contributed by atoms with Crippen molar-refractivity contribution in [2.75, 3.05) is 5.73 Å². The maximum absolute atomic E-state index is 8.78. The summed E-state index contributed by atoms with van der Waals surface area (Å²) in [5, 5.41) is 8.78. The van der Waals surface area contributed by atoms with Gasteiger partial charge in [0, 0.05) is 27.0 Å². The number of pyridine rings is 1. The zero-order valence-corrected chi connectivity index (χ0v) is 11.8. The molecule has 2 N–H and O–H groups in total. The largest absolute Gasteiger partial charge is 0.398 e. The van der Waals surface area contributed by atoms with Crippen LogP contribution in [-0.4, -0.2) is 4.98 Å². The number of nitrogen functional groups attached to an aromatic ring is 1. The smallest absolute Gasteiger partial charge is 0.140 e. The van der Waals surface area contributed by atoms with Crippen LogP contribution >= 0.6 is 27.7 Å². The first-order valence-electron chi connectivity index (χ1n) is 5.22. The topological polar surface area (TPSA) is 62.7 Å². The van der Waals surface area contributed by atoms with Crippen molar-refractivity contribution in [3.05, 3.63) is 52.3 Å². The van der Waals surface area contributed by atoms with Gasteiger partial charge in [-0.15, -0.1) is 11.8 Å². The van der Waals surface area contributed by atoms with Gasteiger partial charge in [-0.25, -0.2) is 4.98 Å². The second-order valence-electron chi connectivity index (χ2n) is 3.63. The molecule has 2 aromatic rings. The lowest BCUT2D eigenvalue weighted by atomic mass is 10.2. The van der Waals surface area contributed by atoms with Gasteiger partial charge in [-0.1, -0.05) is 15.9 Å². The first kappa shape index (κ1) is 12.9. The Morgan fingerprint density at radius 1 is 1.33 bits per heavy atom. The molecule has 0 fully saturated rings. The number of aromatic nitrogens is 1. The SMILES string of the molecule is N#Cc1cc(CSc2ccc(Br)cc2N)ccn1. The highest BCUT2D eigenvalue weighted by Gasteiger charge is 2.02. The quantitative estimate of drug-likeness (QED) is 0.693. The molecule has 0 saturated carbocycles. The van der Waals surface area contributed by atoms with Crippen LogP contribution in [0.5, 0.6) is 0 Å². The van der Waals surface area contributed by atoms with Crippen molar-refractivity contribution >= 4 is 33.4 Å². The number of nitrogens with zero attached hydrogens (tertiary/aromatic N) is 2. The Hall–Kier alpha value is -1.51.